The molecule has 0 fully saturated rings. The molecule has 0 spiro atoms. The number of thiol groups is 1. The number of thiocarbonyl (C=S) groups is 1. The zero-order valence-electron chi connectivity index (χ0n) is 11.3. The average Bonchev–Trinajstić information content (AvgIpc) is 2.31. The van der Waals surface area contributed by atoms with E-state index in [1.54, 1.807) is 11.8 Å². The van der Waals surface area contributed by atoms with Crippen molar-refractivity contribution in [3.8, 4) is 0 Å². The molecule has 0 unspecified atom stereocenters. The molecule has 0 aliphatic carbocycles. The van der Waals surface area contributed by atoms with E-state index in [1.165, 1.54) is 0 Å². The summed E-state index contributed by atoms with van der Waals surface area (Å²) >= 11 is 10.5. The summed E-state index contributed by atoms with van der Waals surface area (Å²) < 4.78 is 0.690. The lowest BCUT2D eigenvalue weighted by atomic mass is 10.2. The quantitative estimate of drug-likeness (QED) is 0.380. The van der Waals surface area contributed by atoms with Gasteiger partial charge in [0, 0.05) is 13.1 Å². The highest BCUT2D eigenvalue weighted by atomic mass is 32.2. The van der Waals surface area contributed by atoms with E-state index < -0.39 is 12.0 Å². The van der Waals surface area contributed by atoms with Crippen LogP contribution in [0.15, 0.2) is 0 Å². The first-order valence-corrected chi connectivity index (χ1v) is 7.95. The molecule has 0 amide bonds. The van der Waals surface area contributed by atoms with Crippen LogP contribution in [0.4, 0.5) is 0 Å². The van der Waals surface area contributed by atoms with Gasteiger partial charge in [0.1, 0.15) is 10.4 Å². The second-order valence-electron chi connectivity index (χ2n) is 3.39. The maximum Gasteiger partial charge on any atom is 0.320 e. The van der Waals surface area contributed by atoms with E-state index in [-0.39, 0.29) is 0 Å². The zero-order valence-corrected chi connectivity index (χ0v) is 13.8. The van der Waals surface area contributed by atoms with Gasteiger partial charge in [0.25, 0.3) is 0 Å². The van der Waals surface area contributed by atoms with Gasteiger partial charge >= 0.3 is 5.97 Å². The van der Waals surface area contributed by atoms with Gasteiger partial charge in [0.05, 0.1) is 0 Å². The minimum Gasteiger partial charge on any atom is -0.480 e. The third-order valence-electron chi connectivity index (χ3n) is 2.13. The van der Waals surface area contributed by atoms with E-state index in [2.05, 4.69) is 26.5 Å². The largest absolute Gasteiger partial charge is 0.480 e. The highest BCUT2D eigenvalue weighted by Gasteiger charge is 2.09. The maximum absolute atomic E-state index is 10.2. The summed E-state index contributed by atoms with van der Waals surface area (Å²) in [6.45, 7) is 8.08. The number of rotatable bonds is 7. The van der Waals surface area contributed by atoms with Crippen LogP contribution in [0.2, 0.25) is 0 Å². The van der Waals surface area contributed by atoms with Crippen molar-refractivity contribution < 1.29 is 9.90 Å². The van der Waals surface area contributed by atoms with Crippen LogP contribution < -0.4 is 5.73 Å². The molecule has 3 N–H and O–H groups in total. The standard InChI is InChI=1S/C6H13NO2S.C5H11NS2/c1-2-10-4-3-5(7)6(8)9;1-3-6(4-2)5(7)8/h5H,2-4,7H2,1H3,(H,8,9);3-4H2,1-2H3,(H,7,8)/t5-;/m0./s1. The molecule has 0 aromatic rings. The third kappa shape index (κ3) is 12.5. The molecule has 4 nitrogen and oxygen atoms in total. The van der Waals surface area contributed by atoms with E-state index in [0.29, 0.717) is 10.7 Å². The molecule has 108 valence electrons. The summed E-state index contributed by atoms with van der Waals surface area (Å²) in [7, 11) is 0. The lowest BCUT2D eigenvalue weighted by Crippen LogP contribution is -2.30. The molecule has 0 aromatic heterocycles. The fourth-order valence-corrected chi connectivity index (χ4v) is 2.22. The number of carboxylic acid groups (broad SMARTS) is 1. The molecule has 0 aromatic carbocycles. The molecule has 0 bridgehead atoms. The van der Waals surface area contributed by atoms with Gasteiger partial charge in [-0.25, -0.2) is 0 Å². The van der Waals surface area contributed by atoms with Crippen LogP contribution in [0.5, 0.6) is 0 Å². The molecule has 1 atom stereocenters. The Hall–Kier alpha value is 0.0200. The van der Waals surface area contributed by atoms with Crippen LogP contribution in [-0.2, 0) is 4.79 Å². The predicted octanol–water partition coefficient (Wildman–Crippen LogP) is 2.08. The first kappa shape index (κ1) is 20.3. The monoisotopic (exact) mass is 312 g/mol. The Bertz CT molecular complexity index is 236. The molecule has 0 saturated carbocycles. The highest BCUT2D eigenvalue weighted by Crippen LogP contribution is 2.02. The molecule has 0 heterocycles. The summed E-state index contributed by atoms with van der Waals surface area (Å²) in [4.78, 5) is 12.2. The summed E-state index contributed by atoms with van der Waals surface area (Å²) in [6, 6.07) is -0.681. The van der Waals surface area contributed by atoms with Crippen molar-refractivity contribution in [2.24, 2.45) is 5.73 Å². The van der Waals surface area contributed by atoms with Crippen molar-refractivity contribution in [2.45, 2.75) is 33.2 Å². The number of thioether (sulfide) groups is 1. The van der Waals surface area contributed by atoms with E-state index >= 15 is 0 Å². The van der Waals surface area contributed by atoms with Crippen molar-refractivity contribution in [1.29, 1.82) is 0 Å². The number of carboxylic acids is 1. The van der Waals surface area contributed by atoms with Crippen LogP contribution in [-0.4, -0.2) is 50.9 Å². The molecule has 0 aliphatic heterocycles. The van der Waals surface area contributed by atoms with Crippen molar-refractivity contribution in [3.05, 3.63) is 0 Å². The Labute approximate surface area is 125 Å². The van der Waals surface area contributed by atoms with Gasteiger partial charge in [-0.2, -0.15) is 11.8 Å². The Morgan fingerprint density at radius 3 is 2.17 bits per heavy atom. The Morgan fingerprint density at radius 1 is 1.44 bits per heavy atom. The summed E-state index contributed by atoms with van der Waals surface area (Å²) in [5.41, 5.74) is 5.24. The van der Waals surface area contributed by atoms with E-state index in [1.807, 2.05) is 11.8 Å². The summed E-state index contributed by atoms with van der Waals surface area (Å²) in [5.74, 6) is 0.952. The molecule has 7 heteroatoms. The zero-order chi connectivity index (χ0) is 14.6. The predicted molar refractivity (Wildman–Crippen MR) is 87.7 cm³/mol. The lowest BCUT2D eigenvalue weighted by molar-refractivity contribution is -0.138. The molecule has 0 radical (unpaired) electrons. The van der Waals surface area contributed by atoms with Crippen molar-refractivity contribution in [2.75, 3.05) is 24.6 Å². The Kier molecular flexibility index (Phi) is 15.2. The average molecular weight is 313 g/mol. The molecule has 0 rings (SSSR count). The number of aliphatic carboxylic acids is 1. The van der Waals surface area contributed by atoms with Gasteiger partial charge in [0.15, 0.2) is 0 Å². The first-order chi connectivity index (χ1) is 8.40. The minimum absolute atomic E-state index is 0.563. The first-order valence-electron chi connectivity index (χ1n) is 5.94. The number of carbonyl (C=O) groups is 1. The molecular formula is C11H24N2O2S3. The SMILES string of the molecule is CCN(CC)C(=S)S.CCSCC[C@H](N)C(=O)O. The van der Waals surface area contributed by atoms with Crippen LogP contribution in [0, 0.1) is 0 Å². The smallest absolute Gasteiger partial charge is 0.320 e. The van der Waals surface area contributed by atoms with Gasteiger partial charge in [-0.15, -0.1) is 12.6 Å². The maximum atomic E-state index is 10.2. The van der Waals surface area contributed by atoms with Gasteiger partial charge in [0.2, 0.25) is 0 Å². The van der Waals surface area contributed by atoms with E-state index in [4.69, 9.17) is 23.1 Å². The van der Waals surface area contributed by atoms with Gasteiger partial charge in [-0.1, -0.05) is 19.1 Å². The van der Waals surface area contributed by atoms with Crippen LogP contribution in [0.25, 0.3) is 0 Å². The fraction of sp³-hybridized carbons (Fsp3) is 0.818. The topological polar surface area (TPSA) is 66.6 Å². The third-order valence-corrected chi connectivity index (χ3v) is 3.60. The second kappa shape index (κ2) is 13.5. The van der Waals surface area contributed by atoms with Crippen molar-refractivity contribution in [1.82, 2.24) is 4.90 Å². The van der Waals surface area contributed by atoms with Crippen molar-refractivity contribution in [3.63, 3.8) is 0 Å². The van der Waals surface area contributed by atoms with Crippen molar-refractivity contribution >= 4 is 46.9 Å². The molecule has 18 heavy (non-hydrogen) atoms. The molecular weight excluding hydrogens is 288 g/mol. The lowest BCUT2D eigenvalue weighted by Gasteiger charge is -2.16. The van der Waals surface area contributed by atoms with Gasteiger partial charge < -0.3 is 15.7 Å². The number of hydrogen-bond acceptors (Lipinski definition) is 4. The van der Waals surface area contributed by atoms with E-state index in [0.717, 1.165) is 24.6 Å². The van der Waals surface area contributed by atoms with Gasteiger partial charge in [-0.05, 0) is 31.8 Å². The van der Waals surface area contributed by atoms with Crippen LogP contribution >= 0.6 is 36.6 Å². The molecule has 0 aliphatic rings. The molecule has 0 saturated heterocycles. The Morgan fingerprint density at radius 2 is 1.94 bits per heavy atom. The van der Waals surface area contributed by atoms with Gasteiger partial charge in [-0.3, -0.25) is 4.79 Å². The summed E-state index contributed by atoms with van der Waals surface area (Å²) in [5, 5.41) is 8.35. The van der Waals surface area contributed by atoms with E-state index in [9.17, 15) is 4.79 Å². The highest BCUT2D eigenvalue weighted by molar-refractivity contribution is 8.10. The Balaban J connectivity index is 0. The van der Waals surface area contributed by atoms with Crippen LogP contribution in [0.3, 0.4) is 0 Å². The number of hydrogen-bond donors (Lipinski definition) is 3. The normalized spacial score (nSPS) is 11.2. The number of nitrogens with two attached hydrogens (primary N) is 1. The summed E-state index contributed by atoms with van der Waals surface area (Å²) in [6.07, 6.45) is 0.563. The second-order valence-corrected chi connectivity index (χ2v) is 5.89. The van der Waals surface area contributed by atoms with Crippen LogP contribution in [0.1, 0.15) is 27.2 Å². The minimum atomic E-state index is -0.906. The number of nitrogens with zero attached hydrogens (tertiary/aromatic N) is 1. The fourth-order valence-electron chi connectivity index (χ4n) is 0.972.